The summed E-state index contributed by atoms with van der Waals surface area (Å²) in [5.41, 5.74) is 7.71. The molecule has 0 bridgehead atoms. The van der Waals surface area contributed by atoms with Gasteiger partial charge < -0.3 is 11.1 Å². The van der Waals surface area contributed by atoms with Crippen molar-refractivity contribution in [3.63, 3.8) is 0 Å². The van der Waals surface area contributed by atoms with E-state index in [4.69, 9.17) is 5.73 Å². The molecule has 2 heterocycles. The third kappa shape index (κ3) is 2.49. The van der Waals surface area contributed by atoms with Crippen LogP contribution in [0.15, 0.2) is 18.3 Å². The molecule has 86 valence electrons. The molecule has 0 aliphatic carbocycles. The minimum atomic E-state index is 0.201. The van der Waals surface area contributed by atoms with Gasteiger partial charge in [0.1, 0.15) is 0 Å². The van der Waals surface area contributed by atoms with Crippen LogP contribution in [0.25, 0.3) is 5.65 Å². The number of hydrogen-bond donors (Lipinski definition) is 2. The Hall–Kier alpha value is -1.62. The zero-order chi connectivity index (χ0) is 11.5. The molecule has 5 nitrogen and oxygen atoms in total. The van der Waals surface area contributed by atoms with Gasteiger partial charge in [-0.25, -0.2) is 4.52 Å². The van der Waals surface area contributed by atoms with Crippen LogP contribution in [0.1, 0.15) is 18.9 Å². The molecule has 0 aliphatic rings. The van der Waals surface area contributed by atoms with Crippen LogP contribution in [0.4, 0.5) is 5.95 Å². The van der Waals surface area contributed by atoms with Crippen LogP contribution in [-0.2, 0) is 0 Å². The van der Waals surface area contributed by atoms with Crippen molar-refractivity contribution in [2.24, 2.45) is 5.73 Å². The lowest BCUT2D eigenvalue weighted by Gasteiger charge is -2.03. The summed E-state index contributed by atoms with van der Waals surface area (Å²) in [6, 6.07) is 4.21. The van der Waals surface area contributed by atoms with Crippen molar-refractivity contribution in [2.75, 3.05) is 11.9 Å². The van der Waals surface area contributed by atoms with E-state index in [1.807, 2.05) is 32.2 Å². The van der Waals surface area contributed by atoms with Crippen molar-refractivity contribution in [1.29, 1.82) is 0 Å². The Labute approximate surface area is 94.7 Å². The third-order valence-corrected chi connectivity index (χ3v) is 2.38. The second-order valence-electron chi connectivity index (χ2n) is 4.14. The van der Waals surface area contributed by atoms with Crippen LogP contribution in [0.3, 0.4) is 0 Å². The van der Waals surface area contributed by atoms with Gasteiger partial charge >= 0.3 is 0 Å². The minimum Gasteiger partial charge on any atom is -0.353 e. The summed E-state index contributed by atoms with van der Waals surface area (Å²) in [5, 5.41) is 7.47. The van der Waals surface area contributed by atoms with E-state index in [0.717, 1.165) is 18.6 Å². The van der Waals surface area contributed by atoms with Gasteiger partial charge in [0.05, 0.1) is 0 Å². The normalized spacial score (nSPS) is 12.9. The lowest BCUT2D eigenvalue weighted by Crippen LogP contribution is -2.19. The fraction of sp³-hybridized carbons (Fsp3) is 0.455. The number of aromatic nitrogens is 3. The molecular formula is C11H17N5. The van der Waals surface area contributed by atoms with E-state index in [2.05, 4.69) is 15.4 Å². The molecule has 2 aromatic rings. The smallest absolute Gasteiger partial charge is 0.243 e. The average molecular weight is 219 g/mol. The van der Waals surface area contributed by atoms with E-state index in [1.54, 1.807) is 4.52 Å². The van der Waals surface area contributed by atoms with Crippen molar-refractivity contribution < 1.29 is 0 Å². The number of pyridine rings is 1. The van der Waals surface area contributed by atoms with Crippen molar-refractivity contribution in [3.8, 4) is 0 Å². The number of hydrogen-bond acceptors (Lipinski definition) is 4. The number of nitrogens with one attached hydrogen (secondary N) is 1. The van der Waals surface area contributed by atoms with E-state index in [-0.39, 0.29) is 6.04 Å². The van der Waals surface area contributed by atoms with Gasteiger partial charge in [-0.1, -0.05) is 0 Å². The summed E-state index contributed by atoms with van der Waals surface area (Å²) in [5.74, 6) is 0.659. The number of nitrogens with two attached hydrogens (primary N) is 1. The molecule has 1 unspecified atom stereocenters. The van der Waals surface area contributed by atoms with Crippen molar-refractivity contribution in [1.82, 2.24) is 14.6 Å². The second-order valence-corrected chi connectivity index (χ2v) is 4.14. The Morgan fingerprint density at radius 3 is 3.12 bits per heavy atom. The van der Waals surface area contributed by atoms with E-state index < -0.39 is 0 Å². The first-order valence-corrected chi connectivity index (χ1v) is 5.47. The molecule has 3 N–H and O–H groups in total. The second kappa shape index (κ2) is 4.49. The van der Waals surface area contributed by atoms with Gasteiger partial charge in [-0.15, -0.1) is 5.10 Å². The van der Waals surface area contributed by atoms with Crippen molar-refractivity contribution in [2.45, 2.75) is 26.3 Å². The van der Waals surface area contributed by atoms with Crippen molar-refractivity contribution in [3.05, 3.63) is 23.9 Å². The maximum absolute atomic E-state index is 5.67. The molecule has 0 spiro atoms. The minimum absolute atomic E-state index is 0.201. The Bertz CT molecular complexity index is 474. The maximum Gasteiger partial charge on any atom is 0.243 e. The van der Waals surface area contributed by atoms with Gasteiger partial charge in [-0.2, -0.15) is 4.98 Å². The SMILES string of the molecule is Cc1ccn2nc(NCCC(C)N)nc2c1. The van der Waals surface area contributed by atoms with E-state index in [9.17, 15) is 0 Å². The molecular weight excluding hydrogens is 202 g/mol. The highest BCUT2D eigenvalue weighted by Gasteiger charge is 2.02. The predicted molar refractivity (Wildman–Crippen MR) is 64.5 cm³/mol. The molecule has 5 heteroatoms. The van der Waals surface area contributed by atoms with Gasteiger partial charge in [0, 0.05) is 18.8 Å². The third-order valence-electron chi connectivity index (χ3n) is 2.38. The summed E-state index contributed by atoms with van der Waals surface area (Å²) >= 11 is 0. The van der Waals surface area contributed by atoms with Gasteiger partial charge in [0.2, 0.25) is 5.95 Å². The van der Waals surface area contributed by atoms with Crippen molar-refractivity contribution >= 4 is 11.6 Å². The molecule has 0 amide bonds. The summed E-state index contributed by atoms with van der Waals surface area (Å²) in [4.78, 5) is 4.37. The molecule has 0 saturated heterocycles. The summed E-state index contributed by atoms with van der Waals surface area (Å²) < 4.78 is 1.77. The monoisotopic (exact) mass is 219 g/mol. The van der Waals surface area contributed by atoms with E-state index in [1.165, 1.54) is 5.56 Å². The maximum atomic E-state index is 5.67. The molecule has 1 atom stereocenters. The molecule has 0 aliphatic heterocycles. The van der Waals surface area contributed by atoms with Crippen LogP contribution < -0.4 is 11.1 Å². The molecule has 0 fully saturated rings. The van der Waals surface area contributed by atoms with Crippen LogP contribution in [0.2, 0.25) is 0 Å². The number of rotatable bonds is 4. The molecule has 2 aromatic heterocycles. The fourth-order valence-corrected chi connectivity index (χ4v) is 1.47. The highest BCUT2D eigenvalue weighted by molar-refractivity contribution is 5.45. The highest BCUT2D eigenvalue weighted by atomic mass is 15.3. The van der Waals surface area contributed by atoms with Gasteiger partial charge in [-0.3, -0.25) is 0 Å². The highest BCUT2D eigenvalue weighted by Crippen LogP contribution is 2.07. The number of aryl methyl sites for hydroxylation is 1. The lowest BCUT2D eigenvalue weighted by molar-refractivity contribution is 0.688. The fourth-order valence-electron chi connectivity index (χ4n) is 1.47. The number of anilines is 1. The molecule has 16 heavy (non-hydrogen) atoms. The summed E-state index contributed by atoms with van der Waals surface area (Å²) in [6.07, 6.45) is 2.82. The van der Waals surface area contributed by atoms with Gasteiger partial charge in [0.15, 0.2) is 5.65 Å². The molecule has 0 aromatic carbocycles. The Morgan fingerprint density at radius 1 is 1.56 bits per heavy atom. The standard InChI is InChI=1S/C11H17N5/c1-8-4-6-16-10(7-8)14-11(15-16)13-5-3-9(2)12/h4,6-7,9H,3,5,12H2,1-2H3,(H,13,15). The van der Waals surface area contributed by atoms with Crippen LogP contribution in [-0.4, -0.2) is 27.2 Å². The zero-order valence-electron chi connectivity index (χ0n) is 9.64. The van der Waals surface area contributed by atoms with E-state index in [0.29, 0.717) is 5.95 Å². The molecule has 0 radical (unpaired) electrons. The van der Waals surface area contributed by atoms with Gasteiger partial charge in [-0.05, 0) is 38.0 Å². The number of nitrogens with zero attached hydrogens (tertiary/aromatic N) is 3. The first kappa shape index (κ1) is 10.9. The topological polar surface area (TPSA) is 68.2 Å². The Kier molecular flexibility index (Phi) is 3.05. The molecule has 0 saturated carbocycles. The predicted octanol–water partition coefficient (Wildman–Crippen LogP) is 1.19. The largest absolute Gasteiger partial charge is 0.353 e. The Balaban J connectivity index is 2.08. The van der Waals surface area contributed by atoms with Gasteiger partial charge in [0.25, 0.3) is 0 Å². The van der Waals surface area contributed by atoms with E-state index >= 15 is 0 Å². The summed E-state index contributed by atoms with van der Waals surface area (Å²) in [7, 11) is 0. The molecule has 2 rings (SSSR count). The zero-order valence-corrected chi connectivity index (χ0v) is 9.64. The average Bonchev–Trinajstić information content (AvgIpc) is 2.58. The lowest BCUT2D eigenvalue weighted by atomic mass is 10.2. The summed E-state index contributed by atoms with van der Waals surface area (Å²) in [6.45, 7) is 4.83. The van der Waals surface area contributed by atoms with Crippen LogP contribution in [0, 0.1) is 6.92 Å². The Morgan fingerprint density at radius 2 is 2.38 bits per heavy atom. The first-order valence-electron chi connectivity index (χ1n) is 5.47. The van der Waals surface area contributed by atoms with Crippen LogP contribution in [0.5, 0.6) is 0 Å². The quantitative estimate of drug-likeness (QED) is 0.810. The number of fused-ring (bicyclic) bond motifs is 1. The first-order chi connectivity index (χ1) is 7.65. The van der Waals surface area contributed by atoms with Crippen LogP contribution >= 0.6 is 0 Å².